The van der Waals surface area contributed by atoms with E-state index in [-0.39, 0.29) is 0 Å². The van der Waals surface area contributed by atoms with Crippen LogP contribution in [0.5, 0.6) is 11.5 Å². The van der Waals surface area contributed by atoms with E-state index in [0.717, 1.165) is 21.2 Å². The highest BCUT2D eigenvalue weighted by atomic mass is 79.9. The molecule has 0 radical (unpaired) electrons. The van der Waals surface area contributed by atoms with Crippen LogP contribution in [-0.2, 0) is 13.2 Å². The number of nitrogens with one attached hydrogen (secondary N) is 1. The molecule has 0 amide bonds. The molecule has 1 N–H and O–H groups in total. The number of hydrogen-bond donors (Lipinski definition) is 1. The first-order valence-electron chi connectivity index (χ1n) is 9.50. The van der Waals surface area contributed by atoms with E-state index in [2.05, 4.69) is 26.5 Å². The molecule has 31 heavy (non-hydrogen) atoms. The molecule has 0 saturated carbocycles. The van der Waals surface area contributed by atoms with Gasteiger partial charge in [0.25, 0.3) is 0 Å². The molecule has 0 atom stereocenters. The molecule has 0 spiro atoms. The van der Waals surface area contributed by atoms with Gasteiger partial charge in [0, 0.05) is 5.02 Å². The highest BCUT2D eigenvalue weighted by Gasteiger charge is 2.13. The van der Waals surface area contributed by atoms with Crippen molar-refractivity contribution >= 4 is 56.9 Å². The van der Waals surface area contributed by atoms with Crippen LogP contribution in [0.3, 0.4) is 0 Å². The first-order valence-corrected chi connectivity index (χ1v) is 11.4. The normalized spacial score (nSPS) is 11.0. The summed E-state index contributed by atoms with van der Waals surface area (Å²) in [5.41, 5.74) is 5.73. The molecule has 0 heterocycles. The van der Waals surface area contributed by atoms with Crippen LogP contribution in [0, 0.1) is 0 Å². The van der Waals surface area contributed by atoms with Crippen molar-refractivity contribution in [1.29, 1.82) is 0 Å². The molecule has 0 aliphatic rings. The second-order valence-corrected chi connectivity index (χ2v) is 8.56. The number of benzene rings is 3. The molecule has 4 nitrogen and oxygen atoms in total. The van der Waals surface area contributed by atoms with Crippen molar-refractivity contribution in [3.05, 3.63) is 90.8 Å². The van der Waals surface area contributed by atoms with Crippen LogP contribution >= 0.6 is 50.7 Å². The Balaban J connectivity index is 1.70. The van der Waals surface area contributed by atoms with Crippen molar-refractivity contribution in [2.45, 2.75) is 20.1 Å². The highest BCUT2D eigenvalue weighted by molar-refractivity contribution is 9.10. The van der Waals surface area contributed by atoms with Crippen LogP contribution in [0.2, 0.25) is 15.1 Å². The number of hydrazone groups is 1. The molecule has 8 heteroatoms. The van der Waals surface area contributed by atoms with Crippen molar-refractivity contribution in [2.75, 3.05) is 6.61 Å². The largest absolute Gasteiger partial charge is 0.490 e. The van der Waals surface area contributed by atoms with Gasteiger partial charge < -0.3 is 14.9 Å². The molecular weight excluding hydrogens is 523 g/mol. The standard InChI is InChI=1S/C23H20BrCl3N2O2/c1-2-30-22-11-16(12-28-29-13-17-5-3-4-6-19(17)25)9-18(24)23(22)31-14-15-7-8-20(26)21(27)10-15/h3-12,29H,2,13-14H2,1H3/b28-12-. The van der Waals surface area contributed by atoms with Crippen molar-refractivity contribution in [3.63, 3.8) is 0 Å². The van der Waals surface area contributed by atoms with Gasteiger partial charge in [-0.3, -0.25) is 0 Å². The van der Waals surface area contributed by atoms with E-state index in [1.807, 2.05) is 49.4 Å². The molecule has 162 valence electrons. The minimum atomic E-state index is 0.322. The fourth-order valence-corrected chi connectivity index (χ4v) is 3.84. The average molecular weight is 543 g/mol. The van der Waals surface area contributed by atoms with Gasteiger partial charge in [-0.15, -0.1) is 0 Å². The molecule has 0 saturated heterocycles. The SMILES string of the molecule is CCOc1cc(/C=N\NCc2ccccc2Cl)cc(Br)c1OCc1ccc(Cl)c(Cl)c1. The minimum Gasteiger partial charge on any atom is -0.490 e. The van der Waals surface area contributed by atoms with Crippen molar-refractivity contribution in [3.8, 4) is 11.5 Å². The van der Waals surface area contributed by atoms with Gasteiger partial charge >= 0.3 is 0 Å². The fourth-order valence-electron chi connectivity index (χ4n) is 2.74. The molecular formula is C23H20BrCl3N2O2. The summed E-state index contributed by atoms with van der Waals surface area (Å²) in [7, 11) is 0. The lowest BCUT2D eigenvalue weighted by atomic mass is 10.2. The van der Waals surface area contributed by atoms with Crippen molar-refractivity contribution in [2.24, 2.45) is 5.10 Å². The molecule has 3 rings (SSSR count). The zero-order chi connectivity index (χ0) is 22.2. The third-order valence-electron chi connectivity index (χ3n) is 4.23. The Kier molecular flexibility index (Phi) is 8.90. The van der Waals surface area contributed by atoms with Gasteiger partial charge in [0.2, 0.25) is 0 Å². The monoisotopic (exact) mass is 540 g/mol. The summed E-state index contributed by atoms with van der Waals surface area (Å²) in [6.07, 6.45) is 1.72. The van der Waals surface area contributed by atoms with Gasteiger partial charge in [0.1, 0.15) is 6.61 Å². The summed E-state index contributed by atoms with van der Waals surface area (Å²) in [5.74, 6) is 1.22. The maximum absolute atomic E-state index is 6.16. The smallest absolute Gasteiger partial charge is 0.175 e. The van der Waals surface area contributed by atoms with Crippen molar-refractivity contribution < 1.29 is 9.47 Å². The van der Waals surface area contributed by atoms with Crippen LogP contribution in [0.4, 0.5) is 0 Å². The zero-order valence-electron chi connectivity index (χ0n) is 16.7. The van der Waals surface area contributed by atoms with E-state index >= 15 is 0 Å². The predicted molar refractivity (Wildman–Crippen MR) is 132 cm³/mol. The topological polar surface area (TPSA) is 42.8 Å². The number of nitrogens with zero attached hydrogens (tertiary/aromatic N) is 1. The van der Waals surface area contributed by atoms with E-state index in [1.165, 1.54) is 0 Å². The Bertz CT molecular complexity index is 1080. The Morgan fingerprint density at radius 1 is 0.968 bits per heavy atom. The van der Waals surface area contributed by atoms with Gasteiger partial charge in [-0.2, -0.15) is 5.10 Å². The summed E-state index contributed by atoms with van der Waals surface area (Å²) in [6, 6.07) is 16.8. The average Bonchev–Trinajstić information content (AvgIpc) is 2.74. The van der Waals surface area contributed by atoms with Gasteiger partial charge in [-0.1, -0.05) is 59.1 Å². The molecule has 0 bridgehead atoms. The third-order valence-corrected chi connectivity index (χ3v) is 5.93. The van der Waals surface area contributed by atoms with Crippen LogP contribution in [0.1, 0.15) is 23.6 Å². The molecule has 0 aliphatic heterocycles. The number of ether oxygens (including phenoxy) is 2. The Labute approximate surface area is 205 Å². The minimum absolute atomic E-state index is 0.322. The second kappa shape index (κ2) is 11.6. The van der Waals surface area contributed by atoms with Gasteiger partial charge in [0.15, 0.2) is 11.5 Å². The predicted octanol–water partition coefficient (Wildman–Crippen LogP) is 7.51. The van der Waals surface area contributed by atoms with E-state index in [1.54, 1.807) is 18.3 Å². The summed E-state index contributed by atoms with van der Waals surface area (Å²) in [4.78, 5) is 0. The third kappa shape index (κ3) is 6.78. The summed E-state index contributed by atoms with van der Waals surface area (Å²) in [6.45, 7) is 3.27. The maximum atomic E-state index is 6.16. The van der Waals surface area contributed by atoms with E-state index in [9.17, 15) is 0 Å². The molecule has 3 aromatic rings. The second-order valence-electron chi connectivity index (χ2n) is 6.48. The lowest BCUT2D eigenvalue weighted by Gasteiger charge is -2.15. The van der Waals surface area contributed by atoms with E-state index in [4.69, 9.17) is 44.3 Å². The first-order chi connectivity index (χ1) is 15.0. The number of halogens is 4. The van der Waals surface area contributed by atoms with Gasteiger partial charge in [-0.05, 0) is 69.9 Å². The van der Waals surface area contributed by atoms with Gasteiger partial charge in [-0.25, -0.2) is 0 Å². The lowest BCUT2D eigenvalue weighted by molar-refractivity contribution is 0.267. The quantitative estimate of drug-likeness (QED) is 0.225. The summed E-state index contributed by atoms with van der Waals surface area (Å²) >= 11 is 21.8. The first kappa shape index (κ1) is 23.7. The highest BCUT2D eigenvalue weighted by Crippen LogP contribution is 2.37. The van der Waals surface area contributed by atoms with Crippen molar-refractivity contribution in [1.82, 2.24) is 5.43 Å². The molecule has 0 aromatic heterocycles. The van der Waals surface area contributed by atoms with Crippen LogP contribution in [0.15, 0.2) is 64.2 Å². The summed E-state index contributed by atoms with van der Waals surface area (Å²) < 4.78 is 12.5. The number of rotatable bonds is 9. The van der Waals surface area contributed by atoms with Gasteiger partial charge in [0.05, 0.1) is 33.9 Å². The summed E-state index contributed by atoms with van der Waals surface area (Å²) in [5, 5.41) is 5.98. The maximum Gasteiger partial charge on any atom is 0.175 e. The molecule has 0 unspecified atom stereocenters. The Morgan fingerprint density at radius 2 is 1.77 bits per heavy atom. The van der Waals surface area contributed by atoms with E-state index < -0.39 is 0 Å². The molecule has 0 aliphatic carbocycles. The van der Waals surface area contributed by atoms with E-state index in [0.29, 0.717) is 46.3 Å². The van der Waals surface area contributed by atoms with Crippen LogP contribution in [0.25, 0.3) is 0 Å². The Hall–Kier alpha value is -1.92. The Morgan fingerprint density at radius 3 is 2.52 bits per heavy atom. The van der Waals surface area contributed by atoms with Crippen LogP contribution < -0.4 is 14.9 Å². The zero-order valence-corrected chi connectivity index (χ0v) is 20.5. The molecule has 3 aromatic carbocycles. The van der Waals surface area contributed by atoms with Crippen LogP contribution in [-0.4, -0.2) is 12.8 Å². The fraction of sp³-hybridized carbons (Fsp3) is 0.174. The lowest BCUT2D eigenvalue weighted by Crippen LogP contribution is -2.06. The molecule has 0 fully saturated rings. The number of hydrogen-bond acceptors (Lipinski definition) is 4.